The molecule has 0 heterocycles. The minimum Gasteiger partial charge on any atom is -0.359 e. The molecule has 1 nitrogen and oxygen atoms in total. The molecule has 0 aromatic heterocycles. The molecule has 4 aromatic rings. The molecule has 1 N–H and O–H groups in total. The van der Waals surface area contributed by atoms with Gasteiger partial charge in [-0.25, -0.2) is 0 Å². The second-order valence-electron chi connectivity index (χ2n) is 11.5. The molecular weight excluding hydrogens is 470 g/mol. The van der Waals surface area contributed by atoms with Crippen molar-refractivity contribution in [1.29, 1.82) is 0 Å². The predicted octanol–water partition coefficient (Wildman–Crippen LogP) is 9.61. The van der Waals surface area contributed by atoms with Crippen LogP contribution in [0.5, 0.6) is 0 Å². The number of fused-ring (bicyclic) bond motifs is 9. The fourth-order valence-corrected chi connectivity index (χ4v) is 8.10. The monoisotopic (exact) mass is 501 g/mol. The van der Waals surface area contributed by atoms with Crippen LogP contribution in [0, 0.1) is 5.41 Å². The van der Waals surface area contributed by atoms with Gasteiger partial charge in [0, 0.05) is 16.8 Å². The standard InChI is InChI=1S/C38H31N/c1-37-25-29(39-28-15-11-14-27(24-28)26-12-3-2-4-13-26)22-23-33(37)32-18-7-10-21-36(32)38(37)34-19-8-5-16-30(34)31-17-6-9-20-35(31)38/h2-9,11-20,22-24,39H,10,21,25H2,1H3. The lowest BCUT2D eigenvalue weighted by atomic mass is 9.54. The molecule has 1 heteroatoms. The van der Waals surface area contributed by atoms with Crippen molar-refractivity contribution in [3.05, 3.63) is 161 Å². The molecular formula is C38H31N. The highest BCUT2D eigenvalue weighted by Gasteiger charge is 2.63. The Balaban J connectivity index is 1.27. The van der Waals surface area contributed by atoms with Crippen molar-refractivity contribution < 1.29 is 0 Å². The molecule has 0 aliphatic heterocycles. The zero-order valence-electron chi connectivity index (χ0n) is 22.2. The number of benzene rings is 4. The van der Waals surface area contributed by atoms with E-state index in [1.165, 1.54) is 50.2 Å². The molecule has 0 fully saturated rings. The lowest BCUT2D eigenvalue weighted by Crippen LogP contribution is -2.44. The summed E-state index contributed by atoms with van der Waals surface area (Å²) < 4.78 is 0. The smallest absolute Gasteiger partial charge is 0.0530 e. The maximum Gasteiger partial charge on any atom is 0.0530 e. The quantitative estimate of drug-likeness (QED) is 0.295. The zero-order valence-corrected chi connectivity index (χ0v) is 22.2. The summed E-state index contributed by atoms with van der Waals surface area (Å²) in [6, 6.07) is 37.8. The van der Waals surface area contributed by atoms with E-state index in [-0.39, 0.29) is 10.8 Å². The van der Waals surface area contributed by atoms with Gasteiger partial charge in [-0.1, -0.05) is 116 Å². The molecule has 4 aromatic carbocycles. The van der Waals surface area contributed by atoms with Gasteiger partial charge in [-0.05, 0) is 87.6 Å². The number of allylic oxidation sites excluding steroid dienone is 8. The molecule has 4 aliphatic carbocycles. The van der Waals surface area contributed by atoms with Gasteiger partial charge in [0.25, 0.3) is 0 Å². The Morgan fingerprint density at radius 3 is 2.15 bits per heavy atom. The minimum absolute atomic E-state index is 0.0941. The van der Waals surface area contributed by atoms with E-state index in [2.05, 4.69) is 140 Å². The van der Waals surface area contributed by atoms with Crippen molar-refractivity contribution in [2.24, 2.45) is 5.41 Å². The number of hydrogen-bond donors (Lipinski definition) is 1. The van der Waals surface area contributed by atoms with E-state index in [4.69, 9.17) is 0 Å². The summed E-state index contributed by atoms with van der Waals surface area (Å²) in [6.07, 6.45) is 12.7. The zero-order chi connectivity index (χ0) is 26.0. The summed E-state index contributed by atoms with van der Waals surface area (Å²) in [4.78, 5) is 0. The Bertz CT molecular complexity index is 1720. The van der Waals surface area contributed by atoms with Crippen molar-refractivity contribution in [2.75, 3.05) is 5.32 Å². The molecule has 4 aliphatic rings. The highest BCUT2D eigenvalue weighted by molar-refractivity contribution is 5.87. The van der Waals surface area contributed by atoms with E-state index < -0.39 is 0 Å². The molecule has 1 spiro atoms. The molecule has 0 bridgehead atoms. The summed E-state index contributed by atoms with van der Waals surface area (Å²) in [7, 11) is 0. The van der Waals surface area contributed by atoms with Gasteiger partial charge in [0.15, 0.2) is 0 Å². The van der Waals surface area contributed by atoms with Crippen LogP contribution < -0.4 is 5.32 Å². The van der Waals surface area contributed by atoms with Crippen molar-refractivity contribution in [3.63, 3.8) is 0 Å². The Morgan fingerprint density at radius 1 is 0.692 bits per heavy atom. The van der Waals surface area contributed by atoms with Crippen molar-refractivity contribution >= 4 is 5.69 Å². The maximum atomic E-state index is 3.84. The van der Waals surface area contributed by atoms with Gasteiger partial charge >= 0.3 is 0 Å². The van der Waals surface area contributed by atoms with Crippen LogP contribution in [0.2, 0.25) is 0 Å². The van der Waals surface area contributed by atoms with Gasteiger partial charge in [-0.2, -0.15) is 0 Å². The third-order valence-corrected chi connectivity index (χ3v) is 9.56. The summed E-state index contributed by atoms with van der Waals surface area (Å²) in [5.74, 6) is 0. The van der Waals surface area contributed by atoms with E-state index in [1.54, 1.807) is 5.57 Å². The van der Waals surface area contributed by atoms with E-state index in [0.717, 1.165) is 24.9 Å². The first kappa shape index (κ1) is 22.6. The first-order valence-corrected chi connectivity index (χ1v) is 14.1. The van der Waals surface area contributed by atoms with Crippen LogP contribution >= 0.6 is 0 Å². The van der Waals surface area contributed by atoms with Crippen LogP contribution in [-0.4, -0.2) is 0 Å². The van der Waals surface area contributed by atoms with Gasteiger partial charge in [0.05, 0.1) is 5.41 Å². The van der Waals surface area contributed by atoms with E-state index in [0.29, 0.717) is 0 Å². The van der Waals surface area contributed by atoms with Gasteiger partial charge in [0.2, 0.25) is 0 Å². The van der Waals surface area contributed by atoms with Crippen molar-refractivity contribution in [1.82, 2.24) is 0 Å². The molecule has 39 heavy (non-hydrogen) atoms. The Hall–Kier alpha value is -4.36. The van der Waals surface area contributed by atoms with Crippen molar-refractivity contribution in [2.45, 2.75) is 31.6 Å². The minimum atomic E-state index is -0.154. The molecule has 8 rings (SSSR count). The highest BCUT2D eigenvalue weighted by Crippen LogP contribution is 2.71. The summed E-state index contributed by atoms with van der Waals surface area (Å²) in [6.45, 7) is 2.53. The number of rotatable bonds is 3. The van der Waals surface area contributed by atoms with Crippen LogP contribution in [0.3, 0.4) is 0 Å². The molecule has 0 saturated heterocycles. The largest absolute Gasteiger partial charge is 0.359 e. The molecule has 0 amide bonds. The maximum absolute atomic E-state index is 3.84. The van der Waals surface area contributed by atoms with E-state index in [9.17, 15) is 0 Å². The van der Waals surface area contributed by atoms with E-state index in [1.807, 2.05) is 0 Å². The van der Waals surface area contributed by atoms with Crippen LogP contribution in [0.25, 0.3) is 22.3 Å². The molecule has 188 valence electrons. The normalized spacial score (nSPS) is 21.6. The van der Waals surface area contributed by atoms with Crippen LogP contribution in [-0.2, 0) is 5.41 Å². The van der Waals surface area contributed by atoms with Gasteiger partial charge in [0.1, 0.15) is 0 Å². The third kappa shape index (κ3) is 3.02. The number of nitrogens with one attached hydrogen (secondary N) is 1. The Kier molecular flexibility index (Phi) is 4.82. The molecule has 1 unspecified atom stereocenters. The Morgan fingerprint density at radius 2 is 1.38 bits per heavy atom. The number of anilines is 1. The highest BCUT2D eigenvalue weighted by atomic mass is 14.9. The first-order chi connectivity index (χ1) is 19.2. The van der Waals surface area contributed by atoms with Crippen LogP contribution in [0.4, 0.5) is 5.69 Å². The average molecular weight is 502 g/mol. The predicted molar refractivity (Wildman–Crippen MR) is 162 cm³/mol. The summed E-state index contributed by atoms with van der Waals surface area (Å²) in [5, 5.41) is 3.84. The lowest BCUT2D eigenvalue weighted by molar-refractivity contribution is 0.281. The second kappa shape index (κ2) is 8.32. The fraction of sp³-hybridized carbons (Fsp3) is 0.158. The fourth-order valence-electron chi connectivity index (χ4n) is 8.10. The average Bonchev–Trinajstić information content (AvgIpc) is 3.42. The summed E-state index contributed by atoms with van der Waals surface area (Å²) >= 11 is 0. The molecule has 1 atom stereocenters. The molecule has 0 radical (unpaired) electrons. The third-order valence-electron chi connectivity index (χ3n) is 9.56. The van der Waals surface area contributed by atoms with Gasteiger partial charge in [-0.3, -0.25) is 0 Å². The first-order valence-electron chi connectivity index (χ1n) is 14.1. The Labute approximate surface area is 230 Å². The van der Waals surface area contributed by atoms with Crippen LogP contribution in [0.15, 0.2) is 150 Å². The SMILES string of the molecule is CC12CC(Nc3cccc(-c4ccccc4)c3)=CC=C1C1=C(CCC=C1)C21c2ccccc2-c2ccccc21. The topological polar surface area (TPSA) is 12.0 Å². The second-order valence-corrected chi connectivity index (χ2v) is 11.5. The lowest BCUT2D eigenvalue weighted by Gasteiger charge is -2.47. The summed E-state index contributed by atoms with van der Waals surface area (Å²) in [5.41, 5.74) is 15.0. The molecule has 0 saturated carbocycles. The van der Waals surface area contributed by atoms with Crippen molar-refractivity contribution in [3.8, 4) is 22.3 Å². The van der Waals surface area contributed by atoms with Crippen LogP contribution in [0.1, 0.15) is 37.3 Å². The van der Waals surface area contributed by atoms with Gasteiger partial charge < -0.3 is 5.32 Å². The number of hydrogen-bond acceptors (Lipinski definition) is 1. The van der Waals surface area contributed by atoms with Gasteiger partial charge in [-0.15, -0.1) is 0 Å². The van der Waals surface area contributed by atoms with E-state index >= 15 is 0 Å².